The van der Waals surface area contributed by atoms with Crippen molar-refractivity contribution < 1.29 is 9.53 Å². The minimum Gasteiger partial charge on any atom is -0.465 e. The van der Waals surface area contributed by atoms with Crippen molar-refractivity contribution in [1.29, 1.82) is 0 Å². The van der Waals surface area contributed by atoms with E-state index in [1.54, 1.807) is 0 Å². The summed E-state index contributed by atoms with van der Waals surface area (Å²) in [6.07, 6.45) is 0. The van der Waals surface area contributed by atoms with Crippen LogP contribution in [0.2, 0.25) is 0 Å². The van der Waals surface area contributed by atoms with Gasteiger partial charge in [0.05, 0.1) is 6.61 Å². The third-order valence-corrected chi connectivity index (χ3v) is 2.98. The fourth-order valence-electron chi connectivity index (χ4n) is 1.58. The summed E-state index contributed by atoms with van der Waals surface area (Å²) in [5.41, 5.74) is 1.13. The lowest BCUT2D eigenvalue weighted by molar-refractivity contribution is -0.145. The van der Waals surface area contributed by atoms with Gasteiger partial charge in [0.2, 0.25) is 0 Å². The molecule has 1 aromatic rings. The Labute approximate surface area is 111 Å². The Morgan fingerprint density at radius 3 is 2.76 bits per heavy atom. The van der Waals surface area contributed by atoms with Crippen LogP contribution in [0.25, 0.3) is 0 Å². The Balaban J connectivity index is 2.60. The largest absolute Gasteiger partial charge is 0.465 e. The monoisotopic (exact) mass is 299 g/mol. The lowest BCUT2D eigenvalue weighted by Gasteiger charge is -2.19. The Morgan fingerprint density at radius 1 is 1.47 bits per heavy atom. The molecule has 1 rings (SSSR count). The van der Waals surface area contributed by atoms with E-state index in [2.05, 4.69) is 21.2 Å². The maximum absolute atomic E-state index is 11.5. The third-order valence-electron chi connectivity index (χ3n) is 2.49. The standard InChI is InChI=1S/C13H18BrNO2/c1-4-17-13(16)10(3)15-9(2)11-6-5-7-12(14)8-11/h5-10,15H,4H2,1-3H3/t9-,10?/m0/s1. The topological polar surface area (TPSA) is 38.3 Å². The van der Waals surface area contributed by atoms with Gasteiger partial charge in [-0.15, -0.1) is 0 Å². The van der Waals surface area contributed by atoms with Crippen molar-refractivity contribution in [3.8, 4) is 0 Å². The van der Waals surface area contributed by atoms with E-state index in [1.165, 1.54) is 0 Å². The van der Waals surface area contributed by atoms with Crippen LogP contribution >= 0.6 is 15.9 Å². The van der Waals surface area contributed by atoms with Crippen molar-refractivity contribution in [2.24, 2.45) is 0 Å². The molecule has 0 aliphatic carbocycles. The van der Waals surface area contributed by atoms with Crippen molar-refractivity contribution in [3.63, 3.8) is 0 Å². The molecular weight excluding hydrogens is 282 g/mol. The maximum atomic E-state index is 11.5. The highest BCUT2D eigenvalue weighted by atomic mass is 79.9. The molecule has 3 nitrogen and oxygen atoms in total. The fourth-order valence-corrected chi connectivity index (χ4v) is 2.00. The molecule has 0 saturated heterocycles. The SMILES string of the molecule is CCOC(=O)C(C)N[C@@H](C)c1cccc(Br)c1. The predicted molar refractivity (Wildman–Crippen MR) is 71.8 cm³/mol. The van der Waals surface area contributed by atoms with Gasteiger partial charge in [-0.05, 0) is 38.5 Å². The van der Waals surface area contributed by atoms with E-state index in [-0.39, 0.29) is 18.1 Å². The van der Waals surface area contributed by atoms with Gasteiger partial charge in [-0.3, -0.25) is 10.1 Å². The molecule has 0 aliphatic rings. The average Bonchev–Trinajstić information content (AvgIpc) is 2.29. The number of ether oxygens (including phenoxy) is 1. The molecule has 94 valence electrons. The molecule has 0 heterocycles. The molecule has 0 aliphatic heterocycles. The first-order valence-corrected chi connectivity index (χ1v) is 6.52. The minimum absolute atomic E-state index is 0.104. The summed E-state index contributed by atoms with van der Waals surface area (Å²) in [5, 5.41) is 3.21. The van der Waals surface area contributed by atoms with Crippen LogP contribution in [0.1, 0.15) is 32.4 Å². The summed E-state index contributed by atoms with van der Waals surface area (Å²) in [6, 6.07) is 7.82. The molecule has 2 atom stereocenters. The van der Waals surface area contributed by atoms with Gasteiger partial charge in [-0.2, -0.15) is 0 Å². The number of carbonyl (C=O) groups excluding carboxylic acids is 1. The molecule has 4 heteroatoms. The fraction of sp³-hybridized carbons (Fsp3) is 0.462. The Bertz CT molecular complexity index is 381. The summed E-state index contributed by atoms with van der Waals surface area (Å²) >= 11 is 3.43. The van der Waals surface area contributed by atoms with Gasteiger partial charge in [0.15, 0.2) is 0 Å². The van der Waals surface area contributed by atoms with Crippen LogP contribution < -0.4 is 5.32 Å². The molecule has 0 bridgehead atoms. The van der Waals surface area contributed by atoms with E-state index in [0.717, 1.165) is 10.0 Å². The molecule has 1 N–H and O–H groups in total. The molecule has 17 heavy (non-hydrogen) atoms. The van der Waals surface area contributed by atoms with Crippen molar-refractivity contribution in [3.05, 3.63) is 34.3 Å². The van der Waals surface area contributed by atoms with Crippen LogP contribution in [0.3, 0.4) is 0 Å². The van der Waals surface area contributed by atoms with E-state index in [4.69, 9.17) is 4.74 Å². The van der Waals surface area contributed by atoms with Crippen LogP contribution in [0.4, 0.5) is 0 Å². The molecule has 0 spiro atoms. The van der Waals surface area contributed by atoms with Crippen LogP contribution in [0.5, 0.6) is 0 Å². The number of benzene rings is 1. The quantitative estimate of drug-likeness (QED) is 0.849. The smallest absolute Gasteiger partial charge is 0.322 e. The summed E-state index contributed by atoms with van der Waals surface area (Å²) < 4.78 is 5.99. The number of hydrogen-bond donors (Lipinski definition) is 1. The second kappa shape index (κ2) is 6.77. The lowest BCUT2D eigenvalue weighted by Crippen LogP contribution is -2.37. The van der Waals surface area contributed by atoms with E-state index >= 15 is 0 Å². The lowest BCUT2D eigenvalue weighted by atomic mass is 10.1. The molecule has 0 radical (unpaired) electrons. The zero-order chi connectivity index (χ0) is 12.8. The van der Waals surface area contributed by atoms with E-state index in [9.17, 15) is 4.79 Å². The summed E-state index contributed by atoms with van der Waals surface area (Å²) in [6.45, 7) is 6.06. The third kappa shape index (κ3) is 4.48. The summed E-state index contributed by atoms with van der Waals surface area (Å²) in [4.78, 5) is 11.5. The van der Waals surface area contributed by atoms with Gasteiger partial charge in [0, 0.05) is 10.5 Å². The summed E-state index contributed by atoms with van der Waals surface area (Å²) in [5.74, 6) is -0.214. The van der Waals surface area contributed by atoms with E-state index < -0.39 is 0 Å². The second-order valence-corrected chi connectivity index (χ2v) is 4.83. The van der Waals surface area contributed by atoms with Gasteiger partial charge < -0.3 is 4.74 Å². The number of carbonyl (C=O) groups is 1. The highest BCUT2D eigenvalue weighted by Gasteiger charge is 2.16. The van der Waals surface area contributed by atoms with Crippen LogP contribution in [-0.2, 0) is 9.53 Å². The van der Waals surface area contributed by atoms with E-state index in [1.807, 2.05) is 45.0 Å². The average molecular weight is 300 g/mol. The zero-order valence-electron chi connectivity index (χ0n) is 10.4. The number of hydrogen-bond acceptors (Lipinski definition) is 3. The molecule has 0 saturated carbocycles. The van der Waals surface area contributed by atoms with Crippen LogP contribution in [0.15, 0.2) is 28.7 Å². The van der Waals surface area contributed by atoms with Gasteiger partial charge in [-0.25, -0.2) is 0 Å². The first-order chi connectivity index (χ1) is 8.04. The minimum atomic E-state index is -0.302. The Kier molecular flexibility index (Phi) is 5.65. The Morgan fingerprint density at radius 2 is 2.18 bits per heavy atom. The van der Waals surface area contributed by atoms with Crippen molar-refractivity contribution in [2.45, 2.75) is 32.9 Å². The molecular formula is C13H18BrNO2. The predicted octanol–water partition coefficient (Wildman–Crippen LogP) is 3.05. The first kappa shape index (κ1) is 14.2. The molecule has 0 fully saturated rings. The van der Waals surface area contributed by atoms with Gasteiger partial charge in [0.1, 0.15) is 6.04 Å². The molecule has 1 unspecified atom stereocenters. The summed E-state index contributed by atoms with van der Waals surface area (Å²) in [7, 11) is 0. The molecule has 0 aromatic heterocycles. The second-order valence-electron chi connectivity index (χ2n) is 3.92. The molecule has 0 amide bonds. The van der Waals surface area contributed by atoms with E-state index in [0.29, 0.717) is 6.61 Å². The van der Waals surface area contributed by atoms with Crippen LogP contribution in [0, 0.1) is 0 Å². The first-order valence-electron chi connectivity index (χ1n) is 5.72. The number of nitrogens with one attached hydrogen (secondary N) is 1. The highest BCUT2D eigenvalue weighted by Crippen LogP contribution is 2.18. The van der Waals surface area contributed by atoms with Crippen molar-refractivity contribution >= 4 is 21.9 Å². The Hall–Kier alpha value is -0.870. The van der Waals surface area contributed by atoms with Crippen molar-refractivity contribution in [1.82, 2.24) is 5.32 Å². The maximum Gasteiger partial charge on any atom is 0.322 e. The highest BCUT2D eigenvalue weighted by molar-refractivity contribution is 9.10. The number of halogens is 1. The van der Waals surface area contributed by atoms with Crippen molar-refractivity contribution in [2.75, 3.05) is 6.61 Å². The molecule has 1 aromatic carbocycles. The zero-order valence-corrected chi connectivity index (χ0v) is 12.0. The normalized spacial score (nSPS) is 14.1. The number of esters is 1. The van der Waals surface area contributed by atoms with Gasteiger partial charge in [0.25, 0.3) is 0 Å². The van der Waals surface area contributed by atoms with Crippen LogP contribution in [-0.4, -0.2) is 18.6 Å². The van der Waals surface area contributed by atoms with Gasteiger partial charge >= 0.3 is 5.97 Å². The number of rotatable bonds is 5. The van der Waals surface area contributed by atoms with Gasteiger partial charge in [-0.1, -0.05) is 28.1 Å².